The average Bonchev–Trinajstić information content (AvgIpc) is 3.23. The number of carbonyl (C=O) groups excluding carboxylic acids is 1. The minimum atomic E-state index is -0.314. The van der Waals surface area contributed by atoms with E-state index in [2.05, 4.69) is 15.5 Å². The Hall–Kier alpha value is -2.21. The second-order valence-electron chi connectivity index (χ2n) is 4.73. The van der Waals surface area contributed by atoms with Gasteiger partial charge in [0, 0.05) is 0 Å². The van der Waals surface area contributed by atoms with Gasteiger partial charge < -0.3 is 14.6 Å². The molecule has 1 N–H and O–H groups in total. The van der Waals surface area contributed by atoms with Crippen LogP contribution < -0.4 is 5.32 Å². The van der Waals surface area contributed by atoms with Gasteiger partial charge in [-0.1, -0.05) is 35.5 Å². The van der Waals surface area contributed by atoms with Crippen molar-refractivity contribution >= 4 is 5.91 Å². The van der Waals surface area contributed by atoms with Gasteiger partial charge in [-0.05, 0) is 12.5 Å². The topological polar surface area (TPSA) is 80.5 Å². The predicted octanol–water partition coefficient (Wildman–Crippen LogP) is 1.18. The highest BCUT2D eigenvalue weighted by Crippen LogP contribution is 2.19. The number of benzene rings is 1. The highest BCUT2D eigenvalue weighted by molar-refractivity contribution is 5.83. The van der Waals surface area contributed by atoms with Crippen LogP contribution in [0.5, 0.6) is 0 Å². The third-order valence-electron chi connectivity index (χ3n) is 3.09. The number of rotatable bonds is 5. The first-order chi connectivity index (χ1) is 9.72. The van der Waals surface area contributed by atoms with E-state index in [0.29, 0.717) is 24.7 Å². The summed E-state index contributed by atoms with van der Waals surface area (Å²) in [7, 11) is 0. The number of amides is 1. The summed E-state index contributed by atoms with van der Waals surface area (Å²) in [5.74, 6) is 0.993. The van der Waals surface area contributed by atoms with Crippen LogP contribution in [0.25, 0.3) is 0 Å². The summed E-state index contributed by atoms with van der Waals surface area (Å²) in [6.07, 6.45) is 0.147. The molecule has 1 amide bonds. The molecule has 1 aromatic heterocycles. The van der Waals surface area contributed by atoms with Gasteiger partial charge in [0.15, 0.2) is 11.9 Å². The summed E-state index contributed by atoms with van der Waals surface area (Å²) < 4.78 is 10.1. The van der Waals surface area contributed by atoms with Gasteiger partial charge >= 0.3 is 0 Å². The largest absolute Gasteiger partial charge is 0.363 e. The lowest BCUT2D eigenvalue weighted by Gasteiger charge is -2.17. The molecule has 2 aromatic rings. The first-order valence-electron chi connectivity index (χ1n) is 6.48. The molecule has 0 spiro atoms. The molecule has 2 unspecified atom stereocenters. The molecular weight excluding hydrogens is 258 g/mol. The number of carbonyl (C=O) groups is 1. The van der Waals surface area contributed by atoms with Gasteiger partial charge in [0.05, 0.1) is 19.1 Å². The molecule has 0 aliphatic carbocycles. The Morgan fingerprint density at radius 3 is 2.80 bits per heavy atom. The quantitative estimate of drug-likeness (QED) is 0.827. The Balaban J connectivity index is 1.77. The Kier molecular flexibility index (Phi) is 3.47. The third-order valence-corrected chi connectivity index (χ3v) is 3.09. The SMILES string of the molecule is Cc1noc(CC(NC(=O)C2CO2)c2ccccc2)n1. The van der Waals surface area contributed by atoms with E-state index in [9.17, 15) is 4.79 Å². The van der Waals surface area contributed by atoms with E-state index in [4.69, 9.17) is 9.26 Å². The molecule has 6 heteroatoms. The summed E-state index contributed by atoms with van der Waals surface area (Å²) in [5.41, 5.74) is 0.998. The fraction of sp³-hybridized carbons (Fsp3) is 0.357. The standard InChI is InChI=1S/C14H15N3O3/c1-9-15-13(20-17-9)7-11(10-5-3-2-4-6-10)16-14(18)12-8-19-12/h2-6,11-12H,7-8H2,1H3,(H,16,18). The van der Waals surface area contributed by atoms with E-state index < -0.39 is 0 Å². The average molecular weight is 273 g/mol. The van der Waals surface area contributed by atoms with Crippen molar-refractivity contribution in [3.8, 4) is 0 Å². The van der Waals surface area contributed by atoms with Crippen LogP contribution in [0.1, 0.15) is 23.3 Å². The first kappa shape index (κ1) is 12.8. The molecule has 1 fully saturated rings. The van der Waals surface area contributed by atoms with Crippen molar-refractivity contribution in [3.05, 3.63) is 47.6 Å². The Morgan fingerprint density at radius 1 is 1.45 bits per heavy atom. The highest BCUT2D eigenvalue weighted by Gasteiger charge is 2.33. The van der Waals surface area contributed by atoms with Crippen molar-refractivity contribution in [2.24, 2.45) is 0 Å². The fourth-order valence-electron chi connectivity index (χ4n) is 2.00. The van der Waals surface area contributed by atoms with E-state index in [0.717, 1.165) is 5.56 Å². The molecule has 1 aliphatic heterocycles. The molecule has 6 nitrogen and oxygen atoms in total. The maximum absolute atomic E-state index is 11.9. The van der Waals surface area contributed by atoms with Crippen LogP contribution >= 0.6 is 0 Å². The summed E-state index contributed by atoms with van der Waals surface area (Å²) in [5, 5.41) is 6.73. The third kappa shape index (κ3) is 3.03. The smallest absolute Gasteiger partial charge is 0.252 e. The van der Waals surface area contributed by atoms with E-state index >= 15 is 0 Å². The first-order valence-corrected chi connectivity index (χ1v) is 6.48. The van der Waals surface area contributed by atoms with Crippen molar-refractivity contribution in [1.29, 1.82) is 0 Å². The van der Waals surface area contributed by atoms with Gasteiger partial charge in [0.2, 0.25) is 5.89 Å². The highest BCUT2D eigenvalue weighted by atomic mass is 16.6. The van der Waals surface area contributed by atoms with Crippen LogP contribution in [0.4, 0.5) is 0 Å². The predicted molar refractivity (Wildman–Crippen MR) is 69.8 cm³/mol. The lowest BCUT2D eigenvalue weighted by molar-refractivity contribution is -0.123. The lowest BCUT2D eigenvalue weighted by Crippen LogP contribution is -2.33. The van der Waals surface area contributed by atoms with E-state index in [1.807, 2.05) is 30.3 Å². The van der Waals surface area contributed by atoms with E-state index in [1.165, 1.54) is 0 Å². The zero-order valence-corrected chi connectivity index (χ0v) is 11.1. The number of aryl methyl sites for hydroxylation is 1. The van der Waals surface area contributed by atoms with Gasteiger partial charge in [0.25, 0.3) is 5.91 Å². The summed E-state index contributed by atoms with van der Waals surface area (Å²) in [4.78, 5) is 16.1. The molecule has 1 aromatic carbocycles. The monoisotopic (exact) mass is 273 g/mol. The molecular formula is C14H15N3O3. The van der Waals surface area contributed by atoms with Gasteiger partial charge in [-0.25, -0.2) is 0 Å². The van der Waals surface area contributed by atoms with Crippen molar-refractivity contribution in [3.63, 3.8) is 0 Å². The van der Waals surface area contributed by atoms with Crippen molar-refractivity contribution in [1.82, 2.24) is 15.5 Å². The molecule has 0 bridgehead atoms. The molecule has 20 heavy (non-hydrogen) atoms. The molecule has 1 aliphatic rings. The molecule has 2 atom stereocenters. The second-order valence-corrected chi connectivity index (χ2v) is 4.73. The number of aromatic nitrogens is 2. The van der Waals surface area contributed by atoms with Crippen LogP contribution in [-0.2, 0) is 16.0 Å². The number of nitrogens with one attached hydrogen (secondary N) is 1. The number of epoxide rings is 1. The summed E-state index contributed by atoms with van der Waals surface area (Å²) >= 11 is 0. The van der Waals surface area contributed by atoms with Gasteiger partial charge in [-0.15, -0.1) is 0 Å². The van der Waals surface area contributed by atoms with Crippen molar-refractivity contribution < 1.29 is 14.1 Å². The number of nitrogens with zero attached hydrogens (tertiary/aromatic N) is 2. The van der Waals surface area contributed by atoms with Crippen LogP contribution in [0.3, 0.4) is 0 Å². The van der Waals surface area contributed by atoms with Gasteiger partial charge in [-0.2, -0.15) is 4.98 Å². The van der Waals surface area contributed by atoms with Crippen LogP contribution in [0, 0.1) is 6.92 Å². The van der Waals surface area contributed by atoms with Gasteiger partial charge in [-0.3, -0.25) is 4.79 Å². The van der Waals surface area contributed by atoms with E-state index in [-0.39, 0.29) is 18.1 Å². The maximum atomic E-state index is 11.9. The maximum Gasteiger partial charge on any atom is 0.252 e. The number of ether oxygens (including phenoxy) is 1. The zero-order valence-electron chi connectivity index (χ0n) is 11.1. The Bertz CT molecular complexity index is 593. The summed E-state index contributed by atoms with van der Waals surface area (Å²) in [6, 6.07) is 9.52. The minimum Gasteiger partial charge on any atom is -0.363 e. The fourth-order valence-corrected chi connectivity index (χ4v) is 2.00. The molecule has 104 valence electrons. The van der Waals surface area contributed by atoms with Crippen LogP contribution in [0.15, 0.2) is 34.9 Å². The normalized spacial score (nSPS) is 18.6. The second kappa shape index (κ2) is 5.42. The van der Waals surface area contributed by atoms with Crippen LogP contribution in [-0.4, -0.2) is 28.8 Å². The molecule has 3 rings (SSSR count). The zero-order chi connectivity index (χ0) is 13.9. The van der Waals surface area contributed by atoms with Gasteiger partial charge in [0.1, 0.15) is 0 Å². The van der Waals surface area contributed by atoms with Crippen molar-refractivity contribution in [2.75, 3.05) is 6.61 Å². The lowest BCUT2D eigenvalue weighted by atomic mass is 10.0. The van der Waals surface area contributed by atoms with Crippen LogP contribution in [0.2, 0.25) is 0 Å². The molecule has 1 saturated heterocycles. The molecule has 0 saturated carbocycles. The molecule has 2 heterocycles. The van der Waals surface area contributed by atoms with Crippen molar-refractivity contribution in [2.45, 2.75) is 25.5 Å². The Labute approximate surface area is 116 Å². The molecule has 0 radical (unpaired) electrons. The Morgan fingerprint density at radius 2 is 2.20 bits per heavy atom. The minimum absolute atomic E-state index is 0.102. The van der Waals surface area contributed by atoms with E-state index in [1.54, 1.807) is 6.92 Å². The number of hydrogen-bond acceptors (Lipinski definition) is 5. The summed E-state index contributed by atoms with van der Waals surface area (Å²) in [6.45, 7) is 2.26. The number of hydrogen-bond donors (Lipinski definition) is 1.